The molecule has 5 heteroatoms. The molecule has 0 aliphatic carbocycles. The molecule has 1 aromatic rings. The molecule has 0 bridgehead atoms. The van der Waals surface area contributed by atoms with E-state index in [9.17, 15) is 9.18 Å². The standard InChI is InChI=1S/C13H16BrFN2O/c14-10-3-4-12(15)9(6-10)8-17-13(18)7-11-2-1-5-16-11/h3-4,6,11,16H,1-2,5,7-8H2,(H,17,18). The third kappa shape index (κ3) is 3.78. The number of hydrogen-bond donors (Lipinski definition) is 2. The van der Waals surface area contributed by atoms with Crippen LogP contribution in [-0.4, -0.2) is 18.5 Å². The molecule has 98 valence electrons. The van der Waals surface area contributed by atoms with Gasteiger partial charge in [-0.2, -0.15) is 0 Å². The van der Waals surface area contributed by atoms with E-state index in [1.807, 2.05) is 0 Å². The highest BCUT2D eigenvalue weighted by Crippen LogP contribution is 2.15. The first-order chi connectivity index (χ1) is 8.65. The van der Waals surface area contributed by atoms with Crippen molar-refractivity contribution in [2.24, 2.45) is 0 Å². The quantitative estimate of drug-likeness (QED) is 0.895. The van der Waals surface area contributed by atoms with E-state index in [4.69, 9.17) is 0 Å². The minimum absolute atomic E-state index is 0.0335. The molecule has 2 rings (SSSR count). The molecule has 1 amide bonds. The third-order valence-corrected chi connectivity index (χ3v) is 3.57. The Bertz CT molecular complexity index is 433. The van der Waals surface area contributed by atoms with Crippen molar-refractivity contribution in [2.75, 3.05) is 6.54 Å². The summed E-state index contributed by atoms with van der Waals surface area (Å²) in [5.74, 6) is -0.328. The summed E-state index contributed by atoms with van der Waals surface area (Å²) < 4.78 is 14.3. The van der Waals surface area contributed by atoms with Crippen molar-refractivity contribution >= 4 is 21.8 Å². The Kier molecular flexibility index (Phi) is 4.72. The molecule has 1 aliphatic heterocycles. The minimum atomic E-state index is -0.294. The van der Waals surface area contributed by atoms with Crippen molar-refractivity contribution in [1.82, 2.24) is 10.6 Å². The monoisotopic (exact) mass is 314 g/mol. The summed E-state index contributed by atoms with van der Waals surface area (Å²) in [4.78, 5) is 11.7. The summed E-state index contributed by atoms with van der Waals surface area (Å²) in [6, 6.07) is 4.99. The number of carbonyl (C=O) groups is 1. The summed E-state index contributed by atoms with van der Waals surface area (Å²) >= 11 is 3.28. The first kappa shape index (κ1) is 13.5. The molecule has 0 saturated carbocycles. The van der Waals surface area contributed by atoms with Gasteiger partial charge >= 0.3 is 0 Å². The highest BCUT2D eigenvalue weighted by molar-refractivity contribution is 9.10. The Morgan fingerprint density at radius 3 is 3.11 bits per heavy atom. The van der Waals surface area contributed by atoms with Crippen LogP contribution in [0.5, 0.6) is 0 Å². The zero-order valence-electron chi connectivity index (χ0n) is 10.0. The number of nitrogens with one attached hydrogen (secondary N) is 2. The van der Waals surface area contributed by atoms with Gasteiger partial charge in [0.1, 0.15) is 5.82 Å². The smallest absolute Gasteiger partial charge is 0.221 e. The second-order valence-corrected chi connectivity index (χ2v) is 5.43. The number of carbonyl (C=O) groups excluding carboxylic acids is 1. The van der Waals surface area contributed by atoms with Gasteiger partial charge in [-0.05, 0) is 37.6 Å². The Morgan fingerprint density at radius 2 is 2.39 bits per heavy atom. The molecule has 1 atom stereocenters. The van der Waals surface area contributed by atoms with Crippen LogP contribution in [-0.2, 0) is 11.3 Å². The summed E-state index contributed by atoms with van der Waals surface area (Å²) in [7, 11) is 0. The normalized spacial score (nSPS) is 18.9. The Hall–Kier alpha value is -0.940. The summed E-state index contributed by atoms with van der Waals surface area (Å²) in [5.41, 5.74) is 0.497. The Labute approximate surface area is 114 Å². The minimum Gasteiger partial charge on any atom is -0.352 e. The molecule has 1 aromatic carbocycles. The molecule has 1 heterocycles. The molecule has 0 aromatic heterocycles. The predicted octanol–water partition coefficient (Wildman–Crippen LogP) is 2.35. The molecule has 1 unspecified atom stereocenters. The van der Waals surface area contributed by atoms with Crippen LogP contribution in [0.3, 0.4) is 0 Å². The molecule has 1 fully saturated rings. The van der Waals surface area contributed by atoms with Gasteiger partial charge in [-0.3, -0.25) is 4.79 Å². The predicted molar refractivity (Wildman–Crippen MR) is 71.6 cm³/mol. The van der Waals surface area contributed by atoms with Gasteiger partial charge < -0.3 is 10.6 Å². The van der Waals surface area contributed by atoms with E-state index in [1.54, 1.807) is 12.1 Å². The average molecular weight is 315 g/mol. The van der Waals surface area contributed by atoms with E-state index in [0.29, 0.717) is 12.0 Å². The van der Waals surface area contributed by atoms with Gasteiger partial charge in [0.2, 0.25) is 5.91 Å². The molecule has 0 spiro atoms. The largest absolute Gasteiger partial charge is 0.352 e. The first-order valence-electron chi connectivity index (χ1n) is 6.09. The lowest BCUT2D eigenvalue weighted by molar-refractivity contribution is -0.121. The topological polar surface area (TPSA) is 41.1 Å². The molecule has 2 N–H and O–H groups in total. The van der Waals surface area contributed by atoms with Gasteiger partial charge in [-0.25, -0.2) is 4.39 Å². The fourth-order valence-electron chi connectivity index (χ4n) is 2.10. The van der Waals surface area contributed by atoms with Crippen molar-refractivity contribution in [2.45, 2.75) is 31.8 Å². The summed E-state index contributed by atoms with van der Waals surface area (Å²) in [5, 5.41) is 6.02. The van der Waals surface area contributed by atoms with E-state index in [1.165, 1.54) is 6.07 Å². The average Bonchev–Trinajstić information content (AvgIpc) is 2.83. The number of hydrogen-bond acceptors (Lipinski definition) is 2. The van der Waals surface area contributed by atoms with Crippen molar-refractivity contribution in [3.8, 4) is 0 Å². The fraction of sp³-hybridized carbons (Fsp3) is 0.462. The number of rotatable bonds is 4. The van der Waals surface area contributed by atoms with Crippen molar-refractivity contribution in [3.05, 3.63) is 34.1 Å². The zero-order chi connectivity index (χ0) is 13.0. The van der Waals surface area contributed by atoms with Crippen LogP contribution in [0.1, 0.15) is 24.8 Å². The lowest BCUT2D eigenvalue weighted by Gasteiger charge is -2.11. The molecular weight excluding hydrogens is 299 g/mol. The third-order valence-electron chi connectivity index (χ3n) is 3.08. The highest BCUT2D eigenvalue weighted by Gasteiger charge is 2.17. The van der Waals surface area contributed by atoms with E-state index in [2.05, 4.69) is 26.6 Å². The van der Waals surface area contributed by atoms with Gasteiger partial charge in [0.15, 0.2) is 0 Å². The number of benzene rings is 1. The molecular formula is C13H16BrFN2O. The highest BCUT2D eigenvalue weighted by atomic mass is 79.9. The van der Waals surface area contributed by atoms with Crippen LogP contribution in [0.15, 0.2) is 22.7 Å². The van der Waals surface area contributed by atoms with E-state index >= 15 is 0 Å². The zero-order valence-corrected chi connectivity index (χ0v) is 11.6. The summed E-state index contributed by atoms with van der Waals surface area (Å²) in [6.45, 7) is 1.22. The fourth-order valence-corrected chi connectivity index (χ4v) is 2.51. The molecule has 1 aliphatic rings. The molecule has 1 saturated heterocycles. The van der Waals surface area contributed by atoms with Crippen LogP contribution >= 0.6 is 15.9 Å². The van der Waals surface area contributed by atoms with Crippen LogP contribution in [0.2, 0.25) is 0 Å². The second-order valence-electron chi connectivity index (χ2n) is 4.51. The maximum atomic E-state index is 13.4. The van der Waals surface area contributed by atoms with Gasteiger partial charge in [0, 0.05) is 29.0 Å². The van der Waals surface area contributed by atoms with Gasteiger partial charge in [0.05, 0.1) is 0 Å². The number of halogens is 2. The first-order valence-corrected chi connectivity index (χ1v) is 6.88. The van der Waals surface area contributed by atoms with Gasteiger partial charge in [-0.15, -0.1) is 0 Å². The SMILES string of the molecule is O=C(CC1CCCN1)NCc1cc(Br)ccc1F. The maximum Gasteiger partial charge on any atom is 0.221 e. The van der Waals surface area contributed by atoms with Crippen molar-refractivity contribution < 1.29 is 9.18 Å². The lowest BCUT2D eigenvalue weighted by Crippen LogP contribution is -2.31. The molecule has 3 nitrogen and oxygen atoms in total. The Morgan fingerprint density at radius 1 is 1.56 bits per heavy atom. The van der Waals surface area contributed by atoms with Gasteiger partial charge in [-0.1, -0.05) is 15.9 Å². The van der Waals surface area contributed by atoms with Crippen LogP contribution < -0.4 is 10.6 Å². The van der Waals surface area contributed by atoms with Crippen LogP contribution in [0.4, 0.5) is 4.39 Å². The van der Waals surface area contributed by atoms with Crippen molar-refractivity contribution in [3.63, 3.8) is 0 Å². The molecule has 18 heavy (non-hydrogen) atoms. The Balaban J connectivity index is 1.83. The van der Waals surface area contributed by atoms with Gasteiger partial charge in [0.25, 0.3) is 0 Å². The van der Waals surface area contributed by atoms with Crippen LogP contribution in [0, 0.1) is 5.82 Å². The van der Waals surface area contributed by atoms with Crippen LogP contribution in [0.25, 0.3) is 0 Å². The number of amides is 1. The maximum absolute atomic E-state index is 13.4. The van der Waals surface area contributed by atoms with E-state index in [0.717, 1.165) is 23.9 Å². The van der Waals surface area contributed by atoms with E-state index < -0.39 is 0 Å². The van der Waals surface area contributed by atoms with Crippen molar-refractivity contribution in [1.29, 1.82) is 0 Å². The summed E-state index contributed by atoms with van der Waals surface area (Å²) in [6.07, 6.45) is 2.63. The molecule has 0 radical (unpaired) electrons. The van der Waals surface area contributed by atoms with E-state index in [-0.39, 0.29) is 24.3 Å². The lowest BCUT2D eigenvalue weighted by atomic mass is 10.1. The second kappa shape index (κ2) is 6.29.